The fourth-order valence-electron chi connectivity index (χ4n) is 5.71. The minimum absolute atomic E-state index is 0.0390. The molecule has 0 radical (unpaired) electrons. The van der Waals surface area contributed by atoms with Crippen molar-refractivity contribution >= 4 is 11.8 Å². The van der Waals surface area contributed by atoms with E-state index in [1.54, 1.807) is 19.1 Å². The standard InChI is InChI=1S/C30H51NO8/c1-9-26-22(16-32)12-17(2)10-11-24(33)18(3)13-19(4)29(21(6)25(34)15-27(35)38-26)39-30-28(36)23(31(7)8)14-20(5)37-30/h10-12,18-23,25-26,28-30,32,34,36H,9,13-16H2,1-8H3/b11-10-,17-12-/t18-,19+,20-,21+,22-,23+,25-,26?,28-,29+,30+/m1/s1. The van der Waals surface area contributed by atoms with Crippen LogP contribution in [0, 0.1) is 23.7 Å². The Balaban J connectivity index is 2.40. The summed E-state index contributed by atoms with van der Waals surface area (Å²) in [5.74, 6) is -2.08. The summed E-state index contributed by atoms with van der Waals surface area (Å²) < 4.78 is 18.1. The fourth-order valence-corrected chi connectivity index (χ4v) is 5.71. The molecule has 2 aliphatic heterocycles. The zero-order valence-corrected chi connectivity index (χ0v) is 24.9. The Morgan fingerprint density at radius 2 is 1.74 bits per heavy atom. The third kappa shape index (κ3) is 9.47. The summed E-state index contributed by atoms with van der Waals surface area (Å²) in [5, 5.41) is 32.2. The molecule has 39 heavy (non-hydrogen) atoms. The van der Waals surface area contributed by atoms with Gasteiger partial charge in [-0.1, -0.05) is 45.4 Å². The van der Waals surface area contributed by atoms with Crippen LogP contribution in [-0.2, 0) is 23.8 Å². The number of carbonyl (C=O) groups excluding carboxylic acids is 2. The Morgan fingerprint density at radius 3 is 2.33 bits per heavy atom. The highest BCUT2D eigenvalue weighted by Crippen LogP contribution is 2.32. The molecule has 0 amide bonds. The molecule has 9 nitrogen and oxygen atoms in total. The van der Waals surface area contributed by atoms with E-state index in [-0.39, 0.29) is 42.8 Å². The van der Waals surface area contributed by atoms with Crippen molar-refractivity contribution in [3.05, 3.63) is 23.8 Å². The summed E-state index contributed by atoms with van der Waals surface area (Å²) in [6.07, 6.45) is 2.20. The van der Waals surface area contributed by atoms with Gasteiger partial charge in [-0.25, -0.2) is 0 Å². The number of carbonyl (C=O) groups is 2. The number of hydrogen-bond acceptors (Lipinski definition) is 9. The minimum Gasteiger partial charge on any atom is -0.462 e. The first-order valence-electron chi connectivity index (χ1n) is 14.3. The number of hydrogen-bond donors (Lipinski definition) is 3. The Kier molecular flexibility index (Phi) is 13.3. The molecule has 1 fully saturated rings. The minimum atomic E-state index is -1.09. The maximum atomic E-state index is 13.0. The predicted octanol–water partition coefficient (Wildman–Crippen LogP) is 2.86. The lowest BCUT2D eigenvalue weighted by Crippen LogP contribution is -2.56. The van der Waals surface area contributed by atoms with E-state index >= 15 is 0 Å². The topological polar surface area (TPSA) is 126 Å². The van der Waals surface area contributed by atoms with E-state index in [1.807, 2.05) is 59.7 Å². The molecule has 0 aliphatic carbocycles. The van der Waals surface area contributed by atoms with Gasteiger partial charge in [-0.3, -0.25) is 9.59 Å². The summed E-state index contributed by atoms with van der Waals surface area (Å²) in [5.41, 5.74) is 0.784. The fraction of sp³-hybridized carbons (Fsp3) is 0.800. The van der Waals surface area contributed by atoms with Gasteiger partial charge in [0.05, 0.1) is 31.3 Å². The van der Waals surface area contributed by atoms with Gasteiger partial charge in [-0.15, -0.1) is 0 Å². The van der Waals surface area contributed by atoms with Crippen molar-refractivity contribution in [3.8, 4) is 0 Å². The Bertz CT molecular complexity index is 858. The molecule has 224 valence electrons. The average molecular weight is 554 g/mol. The number of rotatable bonds is 5. The molecule has 3 N–H and O–H groups in total. The summed E-state index contributed by atoms with van der Waals surface area (Å²) in [7, 11) is 3.80. The van der Waals surface area contributed by atoms with Gasteiger partial charge in [-0.05, 0) is 59.2 Å². The molecule has 11 atom stereocenters. The van der Waals surface area contributed by atoms with Crippen molar-refractivity contribution < 1.29 is 39.1 Å². The highest BCUT2D eigenvalue weighted by atomic mass is 16.7. The Labute approximate surface area is 234 Å². The number of esters is 1. The van der Waals surface area contributed by atoms with E-state index < -0.39 is 48.5 Å². The van der Waals surface area contributed by atoms with Gasteiger partial charge in [0.2, 0.25) is 0 Å². The van der Waals surface area contributed by atoms with E-state index in [2.05, 4.69) is 0 Å². The van der Waals surface area contributed by atoms with Crippen LogP contribution in [0.5, 0.6) is 0 Å². The first kappa shape index (κ1) is 33.6. The van der Waals surface area contributed by atoms with Crippen LogP contribution in [-0.4, -0.2) is 95.5 Å². The van der Waals surface area contributed by atoms with Gasteiger partial charge in [0.15, 0.2) is 12.1 Å². The van der Waals surface area contributed by atoms with Crippen LogP contribution in [0.3, 0.4) is 0 Å². The van der Waals surface area contributed by atoms with Crippen molar-refractivity contribution in [1.82, 2.24) is 4.90 Å². The molecule has 2 rings (SSSR count). The number of aliphatic hydroxyl groups excluding tert-OH is 3. The number of allylic oxidation sites excluding steroid dienone is 3. The lowest BCUT2D eigenvalue weighted by atomic mass is 9.82. The Morgan fingerprint density at radius 1 is 1.08 bits per heavy atom. The summed E-state index contributed by atoms with van der Waals surface area (Å²) in [6, 6.07) is -0.164. The molecule has 0 saturated carbocycles. The van der Waals surface area contributed by atoms with Crippen molar-refractivity contribution in [3.63, 3.8) is 0 Å². The average Bonchev–Trinajstić information content (AvgIpc) is 2.87. The SMILES string of the molecule is CCC1OC(=O)C[C@@H](O)[C@H](C)[C@@H](O[C@@H]2O[C@H](C)C[C@H](N(C)C)[C@H]2O)[C@@H](C)C[C@@H](C)C(=O)/C=C\C(C)=C/[C@@H]1CO. The molecule has 0 bridgehead atoms. The molecule has 2 heterocycles. The van der Waals surface area contributed by atoms with Crippen LogP contribution in [0.15, 0.2) is 23.8 Å². The second-order valence-corrected chi connectivity index (χ2v) is 11.8. The van der Waals surface area contributed by atoms with Crippen molar-refractivity contribution in [2.45, 2.75) is 110 Å². The molecule has 0 aromatic rings. The largest absolute Gasteiger partial charge is 0.462 e. The lowest BCUT2D eigenvalue weighted by Gasteiger charge is -2.44. The second kappa shape index (κ2) is 15.4. The number of nitrogens with zero attached hydrogens (tertiary/aromatic N) is 1. The van der Waals surface area contributed by atoms with Crippen LogP contribution in [0.1, 0.15) is 67.2 Å². The zero-order valence-electron chi connectivity index (χ0n) is 24.9. The quantitative estimate of drug-likeness (QED) is 0.441. The summed E-state index contributed by atoms with van der Waals surface area (Å²) in [6.45, 7) is 11.0. The van der Waals surface area contributed by atoms with Gasteiger partial charge >= 0.3 is 5.97 Å². The highest BCUT2D eigenvalue weighted by molar-refractivity contribution is 5.91. The molecule has 0 spiro atoms. The molecule has 9 heteroatoms. The van der Waals surface area contributed by atoms with Crippen LogP contribution in [0.4, 0.5) is 0 Å². The molecule has 0 aromatic heterocycles. The van der Waals surface area contributed by atoms with Crippen molar-refractivity contribution in [2.75, 3.05) is 20.7 Å². The van der Waals surface area contributed by atoms with Crippen LogP contribution < -0.4 is 0 Å². The zero-order chi connectivity index (χ0) is 29.4. The normalized spacial score (nSPS) is 42.1. The van der Waals surface area contributed by atoms with Crippen LogP contribution in [0.2, 0.25) is 0 Å². The summed E-state index contributed by atoms with van der Waals surface area (Å²) >= 11 is 0. The van der Waals surface area contributed by atoms with E-state index in [4.69, 9.17) is 14.2 Å². The van der Waals surface area contributed by atoms with Gasteiger partial charge in [0.25, 0.3) is 0 Å². The van der Waals surface area contributed by atoms with E-state index in [1.165, 1.54) is 0 Å². The monoisotopic (exact) mass is 553 g/mol. The van der Waals surface area contributed by atoms with E-state index in [0.717, 1.165) is 5.57 Å². The lowest BCUT2D eigenvalue weighted by molar-refractivity contribution is -0.282. The number of aliphatic hydroxyl groups is 3. The molecule has 2 aliphatic rings. The second-order valence-electron chi connectivity index (χ2n) is 11.8. The maximum absolute atomic E-state index is 13.0. The van der Waals surface area contributed by atoms with Crippen LogP contribution in [0.25, 0.3) is 0 Å². The molecular weight excluding hydrogens is 502 g/mol. The van der Waals surface area contributed by atoms with E-state index in [0.29, 0.717) is 19.3 Å². The van der Waals surface area contributed by atoms with Gasteiger partial charge in [0, 0.05) is 23.8 Å². The Hall–Kier alpha value is -1.62. The maximum Gasteiger partial charge on any atom is 0.308 e. The third-order valence-corrected chi connectivity index (χ3v) is 8.20. The van der Waals surface area contributed by atoms with Crippen molar-refractivity contribution in [2.24, 2.45) is 23.7 Å². The molecule has 1 unspecified atom stereocenters. The molecule has 1 saturated heterocycles. The number of cyclic esters (lactones) is 1. The van der Waals surface area contributed by atoms with Crippen molar-refractivity contribution in [1.29, 1.82) is 0 Å². The third-order valence-electron chi connectivity index (χ3n) is 8.20. The smallest absolute Gasteiger partial charge is 0.308 e. The molecular formula is C30H51NO8. The highest BCUT2D eigenvalue weighted by Gasteiger charge is 2.42. The predicted molar refractivity (Wildman–Crippen MR) is 149 cm³/mol. The summed E-state index contributed by atoms with van der Waals surface area (Å²) in [4.78, 5) is 27.8. The van der Waals surface area contributed by atoms with Gasteiger partial charge in [-0.2, -0.15) is 0 Å². The molecule has 0 aromatic carbocycles. The number of ether oxygens (including phenoxy) is 3. The first-order chi connectivity index (χ1) is 18.3. The number of ketones is 1. The van der Waals surface area contributed by atoms with Gasteiger partial charge < -0.3 is 34.4 Å². The first-order valence-corrected chi connectivity index (χ1v) is 14.3. The van der Waals surface area contributed by atoms with E-state index in [9.17, 15) is 24.9 Å². The van der Waals surface area contributed by atoms with Gasteiger partial charge in [0.1, 0.15) is 12.2 Å². The van der Waals surface area contributed by atoms with Crippen LogP contribution >= 0.6 is 0 Å². The number of likely N-dealkylation sites (N-methyl/N-ethyl adjacent to an activating group) is 1.